The van der Waals surface area contributed by atoms with E-state index >= 15 is 0 Å². The van der Waals surface area contributed by atoms with Crippen molar-refractivity contribution in [3.8, 4) is 0 Å². The number of aliphatic hydroxyl groups is 3. The number of ether oxygens (including phenoxy) is 1. The van der Waals surface area contributed by atoms with Gasteiger partial charge in [0.05, 0.1) is 18.0 Å². The molecule has 2 unspecified atom stereocenters. The minimum absolute atomic E-state index is 0.198. The molecule has 5 nitrogen and oxygen atoms in total. The maximum Gasteiger partial charge on any atom is 0.123 e. The molecule has 4 N–H and O–H groups in total. The van der Waals surface area contributed by atoms with Gasteiger partial charge in [0.2, 0.25) is 0 Å². The molecule has 0 amide bonds. The zero-order chi connectivity index (χ0) is 13.1. The number of allylic oxidation sites excluding steroid dienone is 2. The van der Waals surface area contributed by atoms with Gasteiger partial charge in [-0.15, -0.1) is 11.8 Å². The zero-order valence-electron chi connectivity index (χ0n) is 10.4. The monoisotopic (exact) mass is 275 g/mol. The van der Waals surface area contributed by atoms with Gasteiger partial charge in [-0.2, -0.15) is 0 Å². The summed E-state index contributed by atoms with van der Waals surface area (Å²) in [4.78, 5) is 0. The van der Waals surface area contributed by atoms with Crippen molar-refractivity contribution in [1.29, 1.82) is 0 Å². The van der Waals surface area contributed by atoms with Crippen LogP contribution in [0.4, 0.5) is 0 Å². The molecule has 6 atom stereocenters. The summed E-state index contributed by atoms with van der Waals surface area (Å²) in [5.74, 6) is 0. The Labute approximate surface area is 111 Å². The van der Waals surface area contributed by atoms with Gasteiger partial charge in [-0.25, -0.2) is 0 Å². The van der Waals surface area contributed by atoms with Gasteiger partial charge < -0.3 is 20.1 Å². The third-order valence-corrected chi connectivity index (χ3v) is 4.76. The van der Waals surface area contributed by atoms with Crippen LogP contribution in [-0.4, -0.2) is 57.1 Å². The third-order valence-electron chi connectivity index (χ3n) is 3.39. The van der Waals surface area contributed by atoms with Gasteiger partial charge >= 0.3 is 0 Å². The molecule has 2 rings (SSSR count). The van der Waals surface area contributed by atoms with Gasteiger partial charge in [0.15, 0.2) is 0 Å². The fourth-order valence-corrected chi connectivity index (χ4v) is 3.80. The molecule has 2 saturated heterocycles. The molecule has 0 spiro atoms. The Morgan fingerprint density at radius 2 is 2.11 bits per heavy atom. The molecular formula is C12H21NO4S. The Kier molecular flexibility index (Phi) is 5.06. The molecule has 0 aromatic rings. The maximum atomic E-state index is 10.0. The SMILES string of the molecule is C/C=C/CCC1N[C@@H]2C(O[C@H](CO)[C@@H](O)[C@@H]2O)S1. The molecule has 0 saturated carbocycles. The average molecular weight is 275 g/mol. The smallest absolute Gasteiger partial charge is 0.123 e. The summed E-state index contributed by atoms with van der Waals surface area (Å²) in [6.45, 7) is 1.72. The molecule has 6 heteroatoms. The van der Waals surface area contributed by atoms with Crippen LogP contribution in [-0.2, 0) is 4.74 Å². The molecule has 0 bridgehead atoms. The molecule has 0 aliphatic carbocycles. The molecule has 2 fully saturated rings. The van der Waals surface area contributed by atoms with Crippen molar-refractivity contribution in [1.82, 2.24) is 5.32 Å². The molecule has 2 aliphatic rings. The fraction of sp³-hybridized carbons (Fsp3) is 0.833. The highest BCUT2D eigenvalue weighted by atomic mass is 32.2. The molecule has 0 aromatic heterocycles. The first kappa shape index (κ1) is 14.3. The van der Waals surface area contributed by atoms with Crippen LogP contribution in [0.5, 0.6) is 0 Å². The summed E-state index contributed by atoms with van der Waals surface area (Å²) in [5, 5.41) is 32.4. The standard InChI is InChI=1S/C12H21NO4S/c1-2-3-4-5-8-13-9-11(16)10(15)7(6-14)17-12(9)18-8/h2-3,7-16H,4-6H2,1H3/b3-2+/t7-,8?,9+,10-,11-,12?/m1/s1. The van der Waals surface area contributed by atoms with E-state index in [1.165, 1.54) is 0 Å². The summed E-state index contributed by atoms with van der Waals surface area (Å²) < 4.78 is 5.60. The first-order valence-electron chi connectivity index (χ1n) is 6.32. The van der Waals surface area contributed by atoms with E-state index in [1.54, 1.807) is 11.8 Å². The second-order valence-corrected chi connectivity index (χ2v) is 5.98. The van der Waals surface area contributed by atoms with Crippen LogP contribution in [0.3, 0.4) is 0 Å². The van der Waals surface area contributed by atoms with E-state index in [-0.39, 0.29) is 23.5 Å². The second kappa shape index (κ2) is 6.36. The van der Waals surface area contributed by atoms with Gasteiger partial charge in [-0.3, -0.25) is 5.32 Å². The van der Waals surface area contributed by atoms with Crippen molar-refractivity contribution in [2.24, 2.45) is 0 Å². The number of thioether (sulfide) groups is 1. The lowest BCUT2D eigenvalue weighted by molar-refractivity contribution is -0.168. The Morgan fingerprint density at radius 1 is 1.33 bits per heavy atom. The zero-order valence-corrected chi connectivity index (χ0v) is 11.2. The van der Waals surface area contributed by atoms with E-state index < -0.39 is 18.3 Å². The number of rotatable bonds is 4. The molecule has 18 heavy (non-hydrogen) atoms. The largest absolute Gasteiger partial charge is 0.394 e. The van der Waals surface area contributed by atoms with Gasteiger partial charge in [-0.05, 0) is 19.8 Å². The summed E-state index contributed by atoms with van der Waals surface area (Å²) in [7, 11) is 0. The Balaban J connectivity index is 1.92. The summed E-state index contributed by atoms with van der Waals surface area (Å²) >= 11 is 1.62. The Bertz CT molecular complexity index is 302. The predicted molar refractivity (Wildman–Crippen MR) is 70.1 cm³/mol. The van der Waals surface area contributed by atoms with Crippen molar-refractivity contribution in [2.45, 2.75) is 54.9 Å². The number of hydrogen-bond acceptors (Lipinski definition) is 6. The minimum atomic E-state index is -1.03. The highest BCUT2D eigenvalue weighted by Gasteiger charge is 2.49. The van der Waals surface area contributed by atoms with Crippen LogP contribution in [0.2, 0.25) is 0 Å². The Hall–Kier alpha value is -0.110. The second-order valence-electron chi connectivity index (χ2n) is 4.67. The number of hydrogen-bond donors (Lipinski definition) is 4. The quantitative estimate of drug-likeness (QED) is 0.533. The van der Waals surface area contributed by atoms with Gasteiger partial charge in [0.1, 0.15) is 23.7 Å². The first-order chi connectivity index (χ1) is 8.67. The van der Waals surface area contributed by atoms with Crippen LogP contribution in [0.15, 0.2) is 12.2 Å². The van der Waals surface area contributed by atoms with Crippen molar-refractivity contribution < 1.29 is 20.1 Å². The van der Waals surface area contributed by atoms with E-state index in [9.17, 15) is 10.2 Å². The van der Waals surface area contributed by atoms with Crippen molar-refractivity contribution in [3.05, 3.63) is 12.2 Å². The molecular weight excluding hydrogens is 254 g/mol. The van der Waals surface area contributed by atoms with E-state index in [0.29, 0.717) is 0 Å². The molecule has 2 heterocycles. The van der Waals surface area contributed by atoms with Gasteiger partial charge in [-0.1, -0.05) is 12.2 Å². The summed E-state index contributed by atoms with van der Waals surface area (Å²) in [5.41, 5.74) is -0.198. The molecule has 104 valence electrons. The lowest BCUT2D eigenvalue weighted by Crippen LogP contribution is -2.59. The normalized spacial score (nSPS) is 44.4. The lowest BCUT2D eigenvalue weighted by Gasteiger charge is -2.38. The summed E-state index contributed by atoms with van der Waals surface area (Å²) in [6.07, 6.45) is 3.44. The van der Waals surface area contributed by atoms with E-state index in [2.05, 4.69) is 11.4 Å². The topological polar surface area (TPSA) is 82.0 Å². The molecule has 0 aromatic carbocycles. The third kappa shape index (κ3) is 2.89. The van der Waals surface area contributed by atoms with Gasteiger partial charge in [0, 0.05) is 0 Å². The molecule has 2 aliphatic heterocycles. The maximum absolute atomic E-state index is 10.0. The van der Waals surface area contributed by atoms with E-state index in [1.807, 2.05) is 13.0 Å². The first-order valence-corrected chi connectivity index (χ1v) is 7.26. The van der Waals surface area contributed by atoms with Crippen LogP contribution in [0.25, 0.3) is 0 Å². The summed E-state index contributed by atoms with van der Waals surface area (Å²) in [6, 6.07) is -0.261. The Morgan fingerprint density at radius 3 is 2.78 bits per heavy atom. The van der Waals surface area contributed by atoms with E-state index in [4.69, 9.17) is 9.84 Å². The minimum Gasteiger partial charge on any atom is -0.394 e. The number of nitrogens with one attached hydrogen (secondary N) is 1. The van der Waals surface area contributed by atoms with Crippen LogP contribution in [0, 0.1) is 0 Å². The van der Waals surface area contributed by atoms with Crippen molar-refractivity contribution in [3.63, 3.8) is 0 Å². The average Bonchev–Trinajstić information content (AvgIpc) is 2.77. The number of fused-ring (bicyclic) bond motifs is 1. The van der Waals surface area contributed by atoms with Crippen molar-refractivity contribution in [2.75, 3.05) is 6.61 Å². The van der Waals surface area contributed by atoms with Crippen LogP contribution < -0.4 is 5.32 Å². The highest BCUT2D eigenvalue weighted by molar-refractivity contribution is 8.00. The van der Waals surface area contributed by atoms with E-state index in [0.717, 1.165) is 12.8 Å². The fourth-order valence-electron chi connectivity index (χ4n) is 2.36. The highest BCUT2D eigenvalue weighted by Crippen LogP contribution is 2.37. The lowest BCUT2D eigenvalue weighted by atomic mass is 9.98. The van der Waals surface area contributed by atoms with Crippen LogP contribution in [0.1, 0.15) is 19.8 Å². The predicted octanol–water partition coefficient (Wildman–Crippen LogP) is -0.187. The number of aliphatic hydroxyl groups excluding tert-OH is 3. The molecule has 0 radical (unpaired) electrons. The van der Waals surface area contributed by atoms with Gasteiger partial charge in [0.25, 0.3) is 0 Å². The van der Waals surface area contributed by atoms with Crippen LogP contribution >= 0.6 is 11.8 Å². The van der Waals surface area contributed by atoms with Crippen molar-refractivity contribution >= 4 is 11.8 Å².